The van der Waals surface area contributed by atoms with Crippen molar-refractivity contribution in [2.24, 2.45) is 0 Å². The maximum absolute atomic E-state index is 12.9. The van der Waals surface area contributed by atoms with Crippen LogP contribution in [0.3, 0.4) is 0 Å². The number of rotatable bonds is 5. The number of benzene rings is 2. The van der Waals surface area contributed by atoms with E-state index < -0.39 is 0 Å². The second-order valence-electron chi connectivity index (χ2n) is 6.96. The van der Waals surface area contributed by atoms with E-state index in [9.17, 15) is 9.59 Å². The number of nitrogens with zero attached hydrogens (tertiary/aromatic N) is 4. The Labute approximate surface area is 177 Å². The normalized spacial score (nSPS) is 11.0. The number of fused-ring (bicyclic) bond motifs is 1. The van der Waals surface area contributed by atoms with Crippen molar-refractivity contribution < 1.29 is 4.79 Å². The molecule has 7 nitrogen and oxygen atoms in total. The van der Waals surface area contributed by atoms with E-state index in [4.69, 9.17) is 11.6 Å². The topological polar surface area (TPSA) is 81.8 Å². The average Bonchev–Trinajstić information content (AvgIpc) is 3.17. The summed E-state index contributed by atoms with van der Waals surface area (Å²) < 4.78 is 2.86. The number of hydrogen-bond acceptors (Lipinski definition) is 4. The van der Waals surface area contributed by atoms with Gasteiger partial charge in [-0.05, 0) is 42.7 Å². The van der Waals surface area contributed by atoms with E-state index in [1.165, 1.54) is 17.1 Å². The first-order valence-electron chi connectivity index (χ1n) is 9.55. The van der Waals surface area contributed by atoms with Gasteiger partial charge in [0.05, 0.1) is 11.9 Å². The third kappa shape index (κ3) is 3.71. The maximum Gasteiger partial charge on any atom is 0.264 e. The molecule has 0 aliphatic rings. The number of carbonyl (C=O) groups is 1. The van der Waals surface area contributed by atoms with Gasteiger partial charge in [0, 0.05) is 10.7 Å². The number of amides is 1. The van der Waals surface area contributed by atoms with Crippen LogP contribution in [-0.2, 0) is 17.8 Å². The van der Waals surface area contributed by atoms with Crippen LogP contribution < -0.4 is 10.9 Å². The molecule has 0 aliphatic heterocycles. The van der Waals surface area contributed by atoms with Gasteiger partial charge in [-0.25, -0.2) is 9.67 Å². The molecule has 2 heterocycles. The summed E-state index contributed by atoms with van der Waals surface area (Å²) in [6.07, 6.45) is 3.63. The number of para-hydroxylation sites is 1. The fourth-order valence-electron chi connectivity index (χ4n) is 3.34. The lowest BCUT2D eigenvalue weighted by molar-refractivity contribution is -0.116. The molecule has 0 saturated heterocycles. The Balaban J connectivity index is 1.64. The van der Waals surface area contributed by atoms with Crippen molar-refractivity contribution in [3.63, 3.8) is 0 Å². The average molecular weight is 422 g/mol. The van der Waals surface area contributed by atoms with Gasteiger partial charge in [-0.1, -0.05) is 42.8 Å². The highest BCUT2D eigenvalue weighted by Gasteiger charge is 2.15. The fraction of sp³-hybridized carbons (Fsp3) is 0.182. The zero-order valence-electron chi connectivity index (χ0n) is 16.6. The highest BCUT2D eigenvalue weighted by molar-refractivity contribution is 6.30. The van der Waals surface area contributed by atoms with Gasteiger partial charge in [0.15, 0.2) is 5.65 Å². The third-order valence-corrected chi connectivity index (χ3v) is 5.18. The van der Waals surface area contributed by atoms with Crippen LogP contribution in [0.1, 0.15) is 18.1 Å². The van der Waals surface area contributed by atoms with Gasteiger partial charge in [-0.2, -0.15) is 5.10 Å². The molecule has 0 saturated carbocycles. The summed E-state index contributed by atoms with van der Waals surface area (Å²) in [6.45, 7) is 3.81. The first kappa shape index (κ1) is 19.8. The highest BCUT2D eigenvalue weighted by Crippen LogP contribution is 2.21. The standard InChI is InChI=1S/C22H20ClN5O2/c1-3-15-6-4-5-7-18(15)26-20(29)12-27-13-24-21-17(22(27)30)11-25-28(21)19-10-16(23)9-8-14(19)2/h4-11,13H,3,12H2,1-2H3,(H,26,29). The predicted octanol–water partition coefficient (Wildman–Crippen LogP) is 3.75. The van der Waals surface area contributed by atoms with Gasteiger partial charge >= 0.3 is 0 Å². The minimum atomic E-state index is -0.329. The summed E-state index contributed by atoms with van der Waals surface area (Å²) in [5, 5.41) is 8.09. The van der Waals surface area contributed by atoms with Crippen molar-refractivity contribution in [1.82, 2.24) is 19.3 Å². The SMILES string of the molecule is CCc1ccccc1NC(=O)Cn1cnc2c(cnn2-c2cc(Cl)ccc2C)c1=O. The second-order valence-corrected chi connectivity index (χ2v) is 7.40. The largest absolute Gasteiger partial charge is 0.324 e. The minimum absolute atomic E-state index is 0.138. The number of anilines is 1. The first-order valence-corrected chi connectivity index (χ1v) is 9.93. The van der Waals surface area contributed by atoms with Crippen LogP contribution in [0.25, 0.3) is 16.7 Å². The molecule has 1 amide bonds. The molecule has 0 unspecified atom stereocenters. The molecule has 0 fully saturated rings. The Bertz CT molecular complexity index is 1310. The number of aryl methyl sites for hydroxylation is 2. The lowest BCUT2D eigenvalue weighted by Gasteiger charge is -2.11. The van der Waals surface area contributed by atoms with Gasteiger partial charge in [-0.15, -0.1) is 0 Å². The van der Waals surface area contributed by atoms with Crippen molar-refractivity contribution in [2.45, 2.75) is 26.8 Å². The Hall–Kier alpha value is -3.45. The smallest absolute Gasteiger partial charge is 0.264 e. The molecule has 1 N–H and O–H groups in total. The van der Waals surface area contributed by atoms with E-state index in [1.54, 1.807) is 16.8 Å². The number of nitrogens with one attached hydrogen (secondary N) is 1. The van der Waals surface area contributed by atoms with Gasteiger partial charge in [-0.3, -0.25) is 14.2 Å². The second kappa shape index (κ2) is 8.12. The summed E-state index contributed by atoms with van der Waals surface area (Å²) >= 11 is 6.11. The summed E-state index contributed by atoms with van der Waals surface area (Å²) in [6, 6.07) is 13.0. The molecule has 0 radical (unpaired) electrons. The van der Waals surface area contributed by atoms with Crippen LogP contribution in [0.15, 0.2) is 59.8 Å². The third-order valence-electron chi connectivity index (χ3n) is 4.94. The molecular weight excluding hydrogens is 402 g/mol. The van der Waals surface area contributed by atoms with Crippen molar-refractivity contribution in [1.29, 1.82) is 0 Å². The van der Waals surface area contributed by atoms with Crippen molar-refractivity contribution >= 4 is 34.2 Å². The van der Waals surface area contributed by atoms with Crippen LogP contribution >= 0.6 is 11.6 Å². The summed E-state index contributed by atoms with van der Waals surface area (Å²) in [7, 11) is 0. The van der Waals surface area contributed by atoms with Gasteiger partial charge in [0.2, 0.25) is 5.91 Å². The van der Waals surface area contributed by atoms with Gasteiger partial charge in [0.25, 0.3) is 5.56 Å². The monoisotopic (exact) mass is 421 g/mol. The van der Waals surface area contributed by atoms with Crippen LogP contribution in [-0.4, -0.2) is 25.2 Å². The molecule has 0 bridgehead atoms. The van der Waals surface area contributed by atoms with Crippen LogP contribution in [0.4, 0.5) is 5.69 Å². The lowest BCUT2D eigenvalue weighted by atomic mass is 10.1. The van der Waals surface area contributed by atoms with E-state index in [1.807, 2.05) is 44.2 Å². The molecule has 2 aromatic heterocycles. The molecule has 0 spiro atoms. The molecular formula is C22H20ClN5O2. The lowest BCUT2D eigenvalue weighted by Crippen LogP contribution is -2.28. The van der Waals surface area contributed by atoms with Crippen molar-refractivity contribution in [2.75, 3.05) is 5.32 Å². The molecule has 4 rings (SSSR count). The quantitative estimate of drug-likeness (QED) is 0.532. The molecule has 8 heteroatoms. The summed E-state index contributed by atoms with van der Waals surface area (Å²) in [5.41, 5.74) is 3.56. The zero-order valence-corrected chi connectivity index (χ0v) is 17.3. The van der Waals surface area contributed by atoms with E-state index in [-0.39, 0.29) is 18.0 Å². The zero-order chi connectivity index (χ0) is 21.3. The van der Waals surface area contributed by atoms with E-state index >= 15 is 0 Å². The minimum Gasteiger partial charge on any atom is -0.324 e. The Kier molecular flexibility index (Phi) is 5.37. The van der Waals surface area contributed by atoms with Gasteiger partial charge in [0.1, 0.15) is 18.3 Å². The highest BCUT2D eigenvalue weighted by atomic mass is 35.5. The van der Waals surface area contributed by atoms with Gasteiger partial charge < -0.3 is 5.32 Å². The van der Waals surface area contributed by atoms with Crippen LogP contribution in [0, 0.1) is 6.92 Å². The Morgan fingerprint density at radius 1 is 1.20 bits per heavy atom. The molecule has 4 aromatic rings. The van der Waals surface area contributed by atoms with E-state index in [0.29, 0.717) is 16.1 Å². The Morgan fingerprint density at radius 2 is 2.00 bits per heavy atom. The van der Waals surface area contributed by atoms with Crippen molar-refractivity contribution in [3.05, 3.63) is 81.5 Å². The predicted molar refractivity (Wildman–Crippen MR) is 117 cm³/mol. The number of halogens is 1. The molecule has 152 valence electrons. The summed E-state index contributed by atoms with van der Waals surface area (Å²) in [4.78, 5) is 29.8. The number of carbonyl (C=O) groups excluding carboxylic acids is 1. The van der Waals surface area contributed by atoms with E-state index in [0.717, 1.165) is 28.9 Å². The van der Waals surface area contributed by atoms with Crippen LogP contribution in [0.5, 0.6) is 0 Å². The first-order chi connectivity index (χ1) is 14.5. The molecule has 0 aliphatic carbocycles. The molecule has 0 atom stereocenters. The summed E-state index contributed by atoms with van der Waals surface area (Å²) in [5.74, 6) is -0.294. The van der Waals surface area contributed by atoms with E-state index in [2.05, 4.69) is 15.4 Å². The molecule has 30 heavy (non-hydrogen) atoms. The van der Waals surface area contributed by atoms with Crippen molar-refractivity contribution in [3.8, 4) is 5.69 Å². The van der Waals surface area contributed by atoms with Crippen LogP contribution in [0.2, 0.25) is 5.02 Å². The molecule has 2 aromatic carbocycles. The number of aromatic nitrogens is 4. The fourth-order valence-corrected chi connectivity index (χ4v) is 3.51. The number of hydrogen-bond donors (Lipinski definition) is 1. The maximum atomic E-state index is 12.9. The Morgan fingerprint density at radius 3 is 2.80 bits per heavy atom.